The van der Waals surface area contributed by atoms with Gasteiger partial charge in [-0.05, 0) is 45.4 Å². The lowest BCUT2D eigenvalue weighted by Crippen LogP contribution is -2.60. The Bertz CT molecular complexity index is 638. The van der Waals surface area contributed by atoms with Gasteiger partial charge in [0, 0.05) is 18.3 Å². The van der Waals surface area contributed by atoms with Gasteiger partial charge in [-0.15, -0.1) is 0 Å². The number of aliphatic hydroxyl groups is 1. The predicted molar refractivity (Wildman–Crippen MR) is 104 cm³/mol. The molecule has 156 valence electrons. The average molecular weight is 403 g/mol. The van der Waals surface area contributed by atoms with E-state index in [4.69, 9.17) is 0 Å². The Morgan fingerprint density at radius 3 is 2.07 bits per heavy atom. The molecular weight excluding hydrogens is 368 g/mol. The van der Waals surface area contributed by atoms with Gasteiger partial charge in [0.2, 0.25) is 11.8 Å². The van der Waals surface area contributed by atoms with Gasteiger partial charge in [-0.25, -0.2) is 8.42 Å². The number of aliphatic hydroxyl groups excluding tert-OH is 1. The van der Waals surface area contributed by atoms with Gasteiger partial charge in [-0.1, -0.05) is 32.1 Å². The van der Waals surface area contributed by atoms with Crippen LogP contribution < -0.4 is 10.6 Å². The lowest BCUT2D eigenvalue weighted by atomic mass is 9.83. The van der Waals surface area contributed by atoms with Crippen molar-refractivity contribution < 1.29 is 23.1 Å². The Labute approximate surface area is 162 Å². The normalized spacial score (nSPS) is 23.6. The third-order valence-corrected chi connectivity index (χ3v) is 8.36. The van der Waals surface area contributed by atoms with Crippen molar-refractivity contribution in [3.05, 3.63) is 0 Å². The first-order valence-corrected chi connectivity index (χ1v) is 11.9. The Morgan fingerprint density at radius 2 is 1.59 bits per heavy atom. The van der Waals surface area contributed by atoms with Gasteiger partial charge in [-0.2, -0.15) is 0 Å². The molecule has 0 spiro atoms. The molecular formula is C19H34N2O5S. The highest BCUT2D eigenvalue weighted by Crippen LogP contribution is 2.39. The van der Waals surface area contributed by atoms with E-state index in [9.17, 15) is 23.1 Å². The summed E-state index contributed by atoms with van der Waals surface area (Å²) in [5.74, 6) is -0.539. The van der Waals surface area contributed by atoms with Crippen molar-refractivity contribution >= 4 is 21.7 Å². The van der Waals surface area contributed by atoms with Crippen LogP contribution in [0.1, 0.15) is 71.6 Å². The standard InChI is InChI=1S/C19H34N2O5S/c1-13(20-17(23)16(22)12-15-8-5-4-6-9-15)14(2)21-18(24)19(10-7-11-19)27(3,25)26/h13-16,22H,4-12H2,1-3H3,(H,20,23)(H,21,24)/t13?,14?,16-/m1/s1. The molecule has 0 saturated heterocycles. The summed E-state index contributed by atoms with van der Waals surface area (Å²) in [6, 6.07) is -0.860. The van der Waals surface area contributed by atoms with Crippen LogP contribution in [0.5, 0.6) is 0 Å². The summed E-state index contributed by atoms with van der Waals surface area (Å²) in [6.07, 6.45) is 7.56. The monoisotopic (exact) mass is 402 g/mol. The van der Waals surface area contributed by atoms with Gasteiger partial charge < -0.3 is 15.7 Å². The third-order valence-electron chi connectivity index (χ3n) is 6.35. The molecule has 2 fully saturated rings. The molecule has 7 nitrogen and oxygen atoms in total. The summed E-state index contributed by atoms with van der Waals surface area (Å²) in [4.78, 5) is 24.8. The SMILES string of the molecule is CC(NC(=O)[C@H](O)CC1CCCCC1)C(C)NC(=O)C1(S(C)(=O)=O)CCC1. The number of carbonyl (C=O) groups excluding carboxylic acids is 2. The van der Waals surface area contributed by atoms with Gasteiger partial charge in [0.25, 0.3) is 0 Å². The Balaban J connectivity index is 1.84. The third kappa shape index (κ3) is 5.22. The summed E-state index contributed by atoms with van der Waals surface area (Å²) >= 11 is 0. The lowest BCUT2D eigenvalue weighted by Gasteiger charge is -2.39. The second-order valence-electron chi connectivity index (χ2n) is 8.43. The highest BCUT2D eigenvalue weighted by atomic mass is 32.2. The van der Waals surface area contributed by atoms with E-state index >= 15 is 0 Å². The second-order valence-corrected chi connectivity index (χ2v) is 10.8. The van der Waals surface area contributed by atoms with Crippen molar-refractivity contribution in [1.29, 1.82) is 0 Å². The maximum absolute atomic E-state index is 12.5. The van der Waals surface area contributed by atoms with Crippen molar-refractivity contribution in [3.63, 3.8) is 0 Å². The highest BCUT2D eigenvalue weighted by molar-refractivity contribution is 7.93. The molecule has 3 atom stereocenters. The van der Waals surface area contributed by atoms with Crippen molar-refractivity contribution in [2.24, 2.45) is 5.92 Å². The number of amides is 2. The highest BCUT2D eigenvalue weighted by Gasteiger charge is 2.53. The average Bonchev–Trinajstić information content (AvgIpc) is 2.52. The largest absolute Gasteiger partial charge is 0.383 e. The van der Waals surface area contributed by atoms with E-state index < -0.39 is 44.6 Å². The van der Waals surface area contributed by atoms with Gasteiger partial charge in [0.1, 0.15) is 10.9 Å². The minimum Gasteiger partial charge on any atom is -0.383 e. The fourth-order valence-corrected chi connectivity index (χ4v) is 5.44. The fourth-order valence-electron chi connectivity index (χ4n) is 4.02. The van der Waals surface area contributed by atoms with Crippen LogP contribution in [-0.4, -0.2) is 54.5 Å². The van der Waals surface area contributed by atoms with Gasteiger partial charge in [-0.3, -0.25) is 9.59 Å². The Hall–Kier alpha value is -1.15. The molecule has 8 heteroatoms. The number of hydrogen-bond acceptors (Lipinski definition) is 5. The van der Waals surface area contributed by atoms with Crippen LogP contribution >= 0.6 is 0 Å². The van der Waals surface area contributed by atoms with Crippen LogP contribution in [0.15, 0.2) is 0 Å². The smallest absolute Gasteiger partial charge is 0.249 e. The molecule has 0 aromatic rings. The first kappa shape index (κ1) is 22.1. The topological polar surface area (TPSA) is 113 Å². The van der Waals surface area contributed by atoms with Crippen LogP contribution in [0.4, 0.5) is 0 Å². The van der Waals surface area contributed by atoms with E-state index in [2.05, 4.69) is 10.6 Å². The number of sulfone groups is 1. The summed E-state index contributed by atoms with van der Waals surface area (Å²) < 4.78 is 22.7. The second kappa shape index (κ2) is 8.90. The van der Waals surface area contributed by atoms with E-state index in [1.165, 1.54) is 6.42 Å². The van der Waals surface area contributed by atoms with E-state index in [0.717, 1.165) is 31.9 Å². The Kier molecular flexibility index (Phi) is 7.30. The quantitative estimate of drug-likeness (QED) is 0.566. The van der Waals surface area contributed by atoms with E-state index in [-0.39, 0.29) is 0 Å². The Morgan fingerprint density at radius 1 is 1.04 bits per heavy atom. The molecule has 27 heavy (non-hydrogen) atoms. The molecule has 0 aliphatic heterocycles. The predicted octanol–water partition coefficient (Wildman–Crippen LogP) is 1.29. The molecule has 2 aliphatic carbocycles. The van der Waals surface area contributed by atoms with E-state index in [0.29, 0.717) is 31.6 Å². The summed E-state index contributed by atoms with van der Waals surface area (Å²) in [5.41, 5.74) is 0. The summed E-state index contributed by atoms with van der Waals surface area (Å²) in [5, 5.41) is 15.7. The van der Waals surface area contributed by atoms with Crippen LogP contribution in [0.2, 0.25) is 0 Å². The molecule has 0 aromatic carbocycles. The van der Waals surface area contributed by atoms with Crippen molar-refractivity contribution in [2.45, 2.75) is 94.6 Å². The molecule has 0 bridgehead atoms. The van der Waals surface area contributed by atoms with E-state index in [1.54, 1.807) is 13.8 Å². The zero-order chi connectivity index (χ0) is 20.2. The fraction of sp³-hybridized carbons (Fsp3) is 0.895. The van der Waals surface area contributed by atoms with Crippen molar-refractivity contribution in [3.8, 4) is 0 Å². The van der Waals surface area contributed by atoms with Gasteiger partial charge >= 0.3 is 0 Å². The van der Waals surface area contributed by atoms with Crippen LogP contribution in [0.3, 0.4) is 0 Å². The maximum Gasteiger partial charge on any atom is 0.249 e. The minimum atomic E-state index is -3.49. The zero-order valence-corrected chi connectivity index (χ0v) is 17.5. The molecule has 0 heterocycles. The molecule has 0 radical (unpaired) electrons. The van der Waals surface area contributed by atoms with Crippen molar-refractivity contribution in [2.75, 3.05) is 6.26 Å². The van der Waals surface area contributed by atoms with Crippen LogP contribution in [-0.2, 0) is 19.4 Å². The van der Waals surface area contributed by atoms with E-state index in [1.807, 2.05) is 0 Å². The minimum absolute atomic E-state index is 0.339. The number of rotatable bonds is 8. The zero-order valence-electron chi connectivity index (χ0n) is 16.7. The molecule has 2 saturated carbocycles. The molecule has 2 unspecified atom stereocenters. The number of hydrogen-bond donors (Lipinski definition) is 3. The lowest BCUT2D eigenvalue weighted by molar-refractivity contribution is -0.132. The summed E-state index contributed by atoms with van der Waals surface area (Å²) in [6.45, 7) is 3.47. The molecule has 2 amide bonds. The maximum atomic E-state index is 12.5. The molecule has 0 aromatic heterocycles. The first-order chi connectivity index (χ1) is 12.6. The first-order valence-electron chi connectivity index (χ1n) is 10.1. The van der Waals surface area contributed by atoms with Gasteiger partial charge in [0.15, 0.2) is 9.84 Å². The number of nitrogens with one attached hydrogen (secondary N) is 2. The van der Waals surface area contributed by atoms with Crippen molar-refractivity contribution in [1.82, 2.24) is 10.6 Å². The molecule has 3 N–H and O–H groups in total. The number of carbonyl (C=O) groups is 2. The van der Waals surface area contributed by atoms with Crippen LogP contribution in [0, 0.1) is 5.92 Å². The summed E-state index contributed by atoms with van der Waals surface area (Å²) in [7, 11) is -3.49. The van der Waals surface area contributed by atoms with Gasteiger partial charge in [0.05, 0.1) is 0 Å². The molecule has 2 rings (SSSR count). The van der Waals surface area contributed by atoms with Crippen LogP contribution in [0.25, 0.3) is 0 Å². The molecule has 2 aliphatic rings.